The van der Waals surface area contributed by atoms with Crippen LogP contribution in [0.15, 0.2) is 34.7 Å². The van der Waals surface area contributed by atoms with Crippen molar-refractivity contribution in [3.63, 3.8) is 0 Å². The highest BCUT2D eigenvalue weighted by molar-refractivity contribution is 5.77. The summed E-state index contributed by atoms with van der Waals surface area (Å²) in [6.07, 6.45) is 8.49. The van der Waals surface area contributed by atoms with E-state index in [0.717, 1.165) is 23.8 Å². The lowest BCUT2D eigenvalue weighted by atomic mass is 10.0. The molecule has 1 saturated carbocycles. The third-order valence-corrected chi connectivity index (χ3v) is 4.59. The summed E-state index contributed by atoms with van der Waals surface area (Å²) >= 11 is 0. The molecule has 2 aromatic rings. The van der Waals surface area contributed by atoms with Gasteiger partial charge in [-0.3, -0.25) is 0 Å². The third-order valence-electron chi connectivity index (χ3n) is 4.59. The van der Waals surface area contributed by atoms with Gasteiger partial charge in [0.05, 0.1) is 6.04 Å². The number of benzene rings is 1. The van der Waals surface area contributed by atoms with Gasteiger partial charge < -0.3 is 9.73 Å². The van der Waals surface area contributed by atoms with Gasteiger partial charge in [-0.15, -0.1) is 0 Å². The van der Waals surface area contributed by atoms with E-state index in [1.54, 1.807) is 0 Å². The molecule has 0 spiro atoms. The van der Waals surface area contributed by atoms with Gasteiger partial charge in [-0.05, 0) is 44.4 Å². The Kier molecular flexibility index (Phi) is 4.41. The molecule has 1 aliphatic rings. The van der Waals surface area contributed by atoms with Crippen LogP contribution in [0.5, 0.6) is 0 Å². The summed E-state index contributed by atoms with van der Waals surface area (Å²) in [6, 6.07) is 10.7. The fraction of sp³-hybridized carbons (Fsp3) is 0.556. The maximum Gasteiger partial charge on any atom is 0.134 e. The van der Waals surface area contributed by atoms with Gasteiger partial charge in [0, 0.05) is 5.39 Å². The molecule has 1 aromatic carbocycles. The molecule has 0 bridgehead atoms. The van der Waals surface area contributed by atoms with Gasteiger partial charge in [-0.25, -0.2) is 0 Å². The largest absolute Gasteiger partial charge is 0.459 e. The molecule has 108 valence electrons. The molecular weight excluding hydrogens is 246 g/mol. The molecular formula is C18H25NO. The van der Waals surface area contributed by atoms with Crippen LogP contribution >= 0.6 is 0 Å². The first-order valence-electron chi connectivity index (χ1n) is 8.05. The minimum Gasteiger partial charge on any atom is -0.459 e. The molecule has 20 heavy (non-hydrogen) atoms. The van der Waals surface area contributed by atoms with Crippen LogP contribution in [0.1, 0.15) is 57.3 Å². The van der Waals surface area contributed by atoms with Crippen molar-refractivity contribution in [1.29, 1.82) is 0 Å². The number of hydrogen-bond acceptors (Lipinski definition) is 2. The van der Waals surface area contributed by atoms with Crippen molar-refractivity contribution in [3.05, 3.63) is 36.1 Å². The summed E-state index contributed by atoms with van der Waals surface area (Å²) in [7, 11) is 0. The van der Waals surface area contributed by atoms with Crippen molar-refractivity contribution in [2.24, 2.45) is 5.92 Å². The van der Waals surface area contributed by atoms with Crippen LogP contribution in [-0.4, -0.2) is 6.54 Å². The number of furan rings is 1. The third kappa shape index (κ3) is 3.24. The first-order chi connectivity index (χ1) is 9.83. The van der Waals surface area contributed by atoms with Gasteiger partial charge in [0.1, 0.15) is 11.3 Å². The number of rotatable bonds is 6. The molecule has 1 N–H and O–H groups in total. The summed E-state index contributed by atoms with van der Waals surface area (Å²) in [5, 5.41) is 4.79. The van der Waals surface area contributed by atoms with E-state index in [-0.39, 0.29) is 0 Å². The zero-order valence-corrected chi connectivity index (χ0v) is 12.4. The Balaban J connectivity index is 1.47. The van der Waals surface area contributed by atoms with Crippen molar-refractivity contribution < 1.29 is 4.42 Å². The SMILES string of the molecule is CC(NCCCC1CCCC1)c1cc2ccccc2o1. The first kappa shape index (κ1) is 13.7. The Hall–Kier alpha value is -1.28. The standard InChI is InChI=1S/C18H25NO/c1-14(19-12-6-9-15-7-2-3-8-15)18-13-16-10-4-5-11-17(16)20-18/h4-5,10-11,13-15,19H,2-3,6-9,12H2,1H3. The van der Waals surface area contributed by atoms with Crippen LogP contribution in [0.3, 0.4) is 0 Å². The Morgan fingerprint density at radius 3 is 2.85 bits per heavy atom. The van der Waals surface area contributed by atoms with E-state index in [9.17, 15) is 0 Å². The van der Waals surface area contributed by atoms with Crippen molar-refractivity contribution in [2.45, 2.75) is 51.5 Å². The predicted molar refractivity (Wildman–Crippen MR) is 83.8 cm³/mol. The maximum atomic E-state index is 5.90. The second-order valence-electron chi connectivity index (χ2n) is 6.16. The average Bonchev–Trinajstić information content (AvgIpc) is 3.12. The van der Waals surface area contributed by atoms with Crippen molar-refractivity contribution in [1.82, 2.24) is 5.32 Å². The van der Waals surface area contributed by atoms with E-state index in [2.05, 4.69) is 30.4 Å². The molecule has 0 saturated heterocycles. The molecule has 1 aromatic heterocycles. The van der Waals surface area contributed by atoms with Crippen LogP contribution in [0, 0.1) is 5.92 Å². The number of nitrogens with one attached hydrogen (secondary N) is 1. The highest BCUT2D eigenvalue weighted by Crippen LogP contribution is 2.28. The summed E-state index contributed by atoms with van der Waals surface area (Å²) in [5.74, 6) is 2.05. The van der Waals surface area contributed by atoms with Gasteiger partial charge in [0.25, 0.3) is 0 Å². The molecule has 3 rings (SSSR count). The number of fused-ring (bicyclic) bond motifs is 1. The molecule has 2 heteroatoms. The van der Waals surface area contributed by atoms with E-state index in [4.69, 9.17) is 4.42 Å². The van der Waals surface area contributed by atoms with Crippen molar-refractivity contribution in [2.75, 3.05) is 6.54 Å². The summed E-state index contributed by atoms with van der Waals surface area (Å²) in [5.41, 5.74) is 0.988. The molecule has 1 unspecified atom stereocenters. The molecule has 0 aliphatic heterocycles. The first-order valence-corrected chi connectivity index (χ1v) is 8.05. The fourth-order valence-corrected chi connectivity index (χ4v) is 3.32. The van der Waals surface area contributed by atoms with Crippen LogP contribution < -0.4 is 5.32 Å². The Bertz CT molecular complexity index is 506. The zero-order valence-electron chi connectivity index (χ0n) is 12.4. The topological polar surface area (TPSA) is 25.2 Å². The monoisotopic (exact) mass is 271 g/mol. The Labute approximate surface area is 121 Å². The molecule has 2 nitrogen and oxygen atoms in total. The minimum absolute atomic E-state index is 0.297. The lowest BCUT2D eigenvalue weighted by molar-refractivity contribution is 0.423. The molecule has 1 atom stereocenters. The normalized spacial score (nSPS) is 17.9. The van der Waals surface area contributed by atoms with E-state index < -0.39 is 0 Å². The summed E-state index contributed by atoms with van der Waals surface area (Å²) in [4.78, 5) is 0. The lowest BCUT2D eigenvalue weighted by Gasteiger charge is -2.13. The van der Waals surface area contributed by atoms with E-state index >= 15 is 0 Å². The van der Waals surface area contributed by atoms with Crippen LogP contribution in [0.25, 0.3) is 11.0 Å². The quantitative estimate of drug-likeness (QED) is 0.743. The van der Waals surface area contributed by atoms with E-state index in [1.165, 1.54) is 43.9 Å². The molecule has 1 heterocycles. The van der Waals surface area contributed by atoms with E-state index in [1.807, 2.05) is 12.1 Å². The minimum atomic E-state index is 0.297. The Morgan fingerprint density at radius 2 is 2.05 bits per heavy atom. The second kappa shape index (κ2) is 6.45. The van der Waals surface area contributed by atoms with Crippen molar-refractivity contribution in [3.8, 4) is 0 Å². The molecule has 0 amide bonds. The van der Waals surface area contributed by atoms with Gasteiger partial charge in [0.15, 0.2) is 0 Å². The summed E-state index contributed by atoms with van der Waals surface area (Å²) < 4.78 is 5.90. The maximum absolute atomic E-state index is 5.90. The number of hydrogen-bond donors (Lipinski definition) is 1. The number of para-hydroxylation sites is 1. The molecule has 0 radical (unpaired) electrons. The highest BCUT2D eigenvalue weighted by Gasteiger charge is 2.15. The van der Waals surface area contributed by atoms with Gasteiger partial charge in [-0.2, -0.15) is 0 Å². The summed E-state index contributed by atoms with van der Waals surface area (Å²) in [6.45, 7) is 3.28. The van der Waals surface area contributed by atoms with Gasteiger partial charge in [-0.1, -0.05) is 43.9 Å². The van der Waals surface area contributed by atoms with E-state index in [0.29, 0.717) is 6.04 Å². The lowest BCUT2D eigenvalue weighted by Crippen LogP contribution is -2.19. The van der Waals surface area contributed by atoms with Crippen LogP contribution in [0.2, 0.25) is 0 Å². The van der Waals surface area contributed by atoms with Gasteiger partial charge in [0.2, 0.25) is 0 Å². The molecule has 1 aliphatic carbocycles. The zero-order chi connectivity index (χ0) is 13.8. The second-order valence-corrected chi connectivity index (χ2v) is 6.16. The smallest absolute Gasteiger partial charge is 0.134 e. The van der Waals surface area contributed by atoms with Crippen LogP contribution in [0.4, 0.5) is 0 Å². The predicted octanol–water partition coefficient (Wildman–Crippen LogP) is 5.05. The average molecular weight is 271 g/mol. The van der Waals surface area contributed by atoms with Crippen molar-refractivity contribution >= 4 is 11.0 Å². The fourth-order valence-electron chi connectivity index (χ4n) is 3.32. The Morgan fingerprint density at radius 1 is 1.25 bits per heavy atom. The van der Waals surface area contributed by atoms with Gasteiger partial charge >= 0.3 is 0 Å². The van der Waals surface area contributed by atoms with Crippen LogP contribution in [-0.2, 0) is 0 Å². The highest BCUT2D eigenvalue weighted by atomic mass is 16.3. The molecule has 1 fully saturated rings.